The standard InChI is InChI=1S/C17H26N4/c1-3-20-10-9-14(13-20)11-18-12-17-19-15-7-5-6-8-16(15)21(17)4-2/h5-8,14,18H,3-4,9-13H2,1-2H3. The molecule has 4 nitrogen and oxygen atoms in total. The van der Waals surface area contributed by atoms with Crippen molar-refractivity contribution in [1.82, 2.24) is 19.8 Å². The van der Waals surface area contributed by atoms with Gasteiger partial charge in [-0.3, -0.25) is 0 Å². The average molecular weight is 286 g/mol. The number of rotatable bonds is 6. The van der Waals surface area contributed by atoms with Crippen LogP contribution in [0.4, 0.5) is 0 Å². The monoisotopic (exact) mass is 286 g/mol. The lowest BCUT2D eigenvalue weighted by molar-refractivity contribution is 0.338. The Morgan fingerprint density at radius 3 is 2.86 bits per heavy atom. The van der Waals surface area contributed by atoms with Crippen LogP contribution in [0.1, 0.15) is 26.1 Å². The fourth-order valence-corrected chi connectivity index (χ4v) is 3.37. The summed E-state index contributed by atoms with van der Waals surface area (Å²) in [5.41, 5.74) is 2.35. The van der Waals surface area contributed by atoms with E-state index in [4.69, 9.17) is 4.98 Å². The molecule has 0 aliphatic carbocycles. The molecule has 4 heteroatoms. The fraction of sp³-hybridized carbons (Fsp3) is 0.588. The minimum atomic E-state index is 0.796. The number of para-hydroxylation sites is 2. The predicted octanol–water partition coefficient (Wildman–Crippen LogP) is 2.49. The maximum Gasteiger partial charge on any atom is 0.123 e. The van der Waals surface area contributed by atoms with Gasteiger partial charge in [0.05, 0.1) is 17.6 Å². The second kappa shape index (κ2) is 6.58. The molecule has 1 fully saturated rings. The number of aromatic nitrogens is 2. The van der Waals surface area contributed by atoms with Crippen LogP contribution in [0.5, 0.6) is 0 Å². The molecule has 1 aliphatic heterocycles. The summed E-state index contributed by atoms with van der Waals surface area (Å²) in [6.45, 7) is 11.1. The lowest BCUT2D eigenvalue weighted by Crippen LogP contribution is -2.27. The molecule has 0 saturated carbocycles. The molecule has 1 unspecified atom stereocenters. The normalized spacial score (nSPS) is 19.6. The van der Waals surface area contributed by atoms with Gasteiger partial charge in [0.1, 0.15) is 5.82 Å². The van der Waals surface area contributed by atoms with Crippen LogP contribution in [-0.2, 0) is 13.1 Å². The van der Waals surface area contributed by atoms with Gasteiger partial charge in [0, 0.05) is 13.1 Å². The van der Waals surface area contributed by atoms with Crippen molar-refractivity contribution in [1.29, 1.82) is 0 Å². The third-order valence-corrected chi connectivity index (χ3v) is 4.58. The summed E-state index contributed by atoms with van der Waals surface area (Å²) in [7, 11) is 0. The maximum absolute atomic E-state index is 4.77. The molecule has 1 aromatic heterocycles. The summed E-state index contributed by atoms with van der Waals surface area (Å²) in [4.78, 5) is 7.30. The van der Waals surface area contributed by atoms with Crippen molar-refractivity contribution in [3.63, 3.8) is 0 Å². The van der Waals surface area contributed by atoms with E-state index >= 15 is 0 Å². The first-order valence-corrected chi connectivity index (χ1v) is 8.19. The highest BCUT2D eigenvalue weighted by molar-refractivity contribution is 5.75. The summed E-state index contributed by atoms with van der Waals surface area (Å²) in [6, 6.07) is 8.40. The van der Waals surface area contributed by atoms with Gasteiger partial charge in [-0.2, -0.15) is 0 Å². The van der Waals surface area contributed by atoms with E-state index in [-0.39, 0.29) is 0 Å². The lowest BCUT2D eigenvalue weighted by Gasteiger charge is -2.14. The molecule has 1 aromatic carbocycles. The Hall–Kier alpha value is -1.39. The van der Waals surface area contributed by atoms with E-state index in [0.717, 1.165) is 36.9 Å². The highest BCUT2D eigenvalue weighted by Crippen LogP contribution is 2.17. The number of nitrogens with zero attached hydrogens (tertiary/aromatic N) is 3. The predicted molar refractivity (Wildman–Crippen MR) is 87.3 cm³/mol. The van der Waals surface area contributed by atoms with Gasteiger partial charge in [0.15, 0.2) is 0 Å². The second-order valence-corrected chi connectivity index (χ2v) is 5.94. The quantitative estimate of drug-likeness (QED) is 0.885. The molecule has 1 atom stereocenters. The van der Waals surface area contributed by atoms with E-state index in [1.165, 1.54) is 31.6 Å². The topological polar surface area (TPSA) is 33.1 Å². The first-order valence-electron chi connectivity index (χ1n) is 8.19. The number of imidazole rings is 1. The van der Waals surface area contributed by atoms with Gasteiger partial charge < -0.3 is 14.8 Å². The number of fused-ring (bicyclic) bond motifs is 1. The third-order valence-electron chi connectivity index (χ3n) is 4.58. The van der Waals surface area contributed by atoms with E-state index in [9.17, 15) is 0 Å². The summed E-state index contributed by atoms with van der Waals surface area (Å²) in [6.07, 6.45) is 1.32. The summed E-state index contributed by atoms with van der Waals surface area (Å²) in [5, 5.41) is 3.61. The molecule has 2 aromatic rings. The van der Waals surface area contributed by atoms with Gasteiger partial charge in [-0.25, -0.2) is 4.98 Å². The number of hydrogen-bond acceptors (Lipinski definition) is 3. The van der Waals surface area contributed by atoms with Gasteiger partial charge in [-0.15, -0.1) is 0 Å². The Bertz CT molecular complexity index is 589. The number of likely N-dealkylation sites (tertiary alicyclic amines) is 1. The summed E-state index contributed by atoms with van der Waals surface area (Å²) >= 11 is 0. The number of aryl methyl sites for hydroxylation is 1. The van der Waals surface area contributed by atoms with Gasteiger partial charge in [0.25, 0.3) is 0 Å². The Morgan fingerprint density at radius 1 is 1.24 bits per heavy atom. The maximum atomic E-state index is 4.77. The van der Waals surface area contributed by atoms with E-state index in [2.05, 4.69) is 52.9 Å². The van der Waals surface area contributed by atoms with Crippen LogP contribution < -0.4 is 5.32 Å². The zero-order valence-corrected chi connectivity index (χ0v) is 13.2. The first-order chi connectivity index (χ1) is 10.3. The zero-order valence-electron chi connectivity index (χ0n) is 13.2. The van der Waals surface area contributed by atoms with Crippen LogP contribution in [0.3, 0.4) is 0 Å². The number of nitrogens with one attached hydrogen (secondary N) is 1. The minimum Gasteiger partial charge on any atom is -0.327 e. The van der Waals surface area contributed by atoms with Gasteiger partial charge in [-0.05, 0) is 51.0 Å². The second-order valence-electron chi connectivity index (χ2n) is 5.94. The van der Waals surface area contributed by atoms with Crippen LogP contribution in [0, 0.1) is 5.92 Å². The highest BCUT2D eigenvalue weighted by Gasteiger charge is 2.20. The van der Waals surface area contributed by atoms with E-state index in [1.54, 1.807) is 0 Å². The molecule has 1 saturated heterocycles. The van der Waals surface area contributed by atoms with Crippen LogP contribution in [0.25, 0.3) is 11.0 Å². The molecule has 0 amide bonds. The van der Waals surface area contributed by atoms with Crippen molar-refractivity contribution in [3.05, 3.63) is 30.1 Å². The van der Waals surface area contributed by atoms with Crippen LogP contribution in [0.15, 0.2) is 24.3 Å². The van der Waals surface area contributed by atoms with Crippen molar-refractivity contribution in [2.75, 3.05) is 26.2 Å². The lowest BCUT2D eigenvalue weighted by atomic mass is 10.1. The van der Waals surface area contributed by atoms with Crippen LogP contribution in [0.2, 0.25) is 0 Å². The number of benzene rings is 1. The fourth-order valence-electron chi connectivity index (χ4n) is 3.37. The molecule has 114 valence electrons. The van der Waals surface area contributed by atoms with Crippen molar-refractivity contribution in [3.8, 4) is 0 Å². The van der Waals surface area contributed by atoms with E-state index in [0.29, 0.717) is 0 Å². The summed E-state index contributed by atoms with van der Waals surface area (Å²) in [5.74, 6) is 1.95. The Labute approximate surface area is 127 Å². The highest BCUT2D eigenvalue weighted by atomic mass is 15.1. The van der Waals surface area contributed by atoms with Gasteiger partial charge >= 0.3 is 0 Å². The third kappa shape index (κ3) is 3.11. The molecular formula is C17H26N4. The molecular weight excluding hydrogens is 260 g/mol. The molecule has 21 heavy (non-hydrogen) atoms. The van der Waals surface area contributed by atoms with Crippen LogP contribution in [-0.4, -0.2) is 40.6 Å². The van der Waals surface area contributed by atoms with Gasteiger partial charge in [0.2, 0.25) is 0 Å². The largest absolute Gasteiger partial charge is 0.327 e. The van der Waals surface area contributed by atoms with Gasteiger partial charge in [-0.1, -0.05) is 19.1 Å². The van der Waals surface area contributed by atoms with E-state index < -0.39 is 0 Å². The first kappa shape index (κ1) is 14.5. The molecule has 1 aliphatic rings. The van der Waals surface area contributed by atoms with Crippen molar-refractivity contribution >= 4 is 11.0 Å². The smallest absolute Gasteiger partial charge is 0.123 e. The molecule has 1 N–H and O–H groups in total. The molecule has 0 bridgehead atoms. The Morgan fingerprint density at radius 2 is 2.10 bits per heavy atom. The molecule has 0 spiro atoms. The zero-order chi connectivity index (χ0) is 14.7. The Balaban J connectivity index is 1.60. The molecule has 2 heterocycles. The Kier molecular flexibility index (Phi) is 4.56. The molecule has 3 rings (SSSR count). The number of hydrogen-bond donors (Lipinski definition) is 1. The van der Waals surface area contributed by atoms with Crippen molar-refractivity contribution in [2.24, 2.45) is 5.92 Å². The van der Waals surface area contributed by atoms with Crippen molar-refractivity contribution < 1.29 is 0 Å². The van der Waals surface area contributed by atoms with Crippen molar-refractivity contribution in [2.45, 2.75) is 33.4 Å². The van der Waals surface area contributed by atoms with E-state index in [1.807, 2.05) is 0 Å². The SMILES string of the molecule is CCN1CCC(CNCc2nc3ccccc3n2CC)C1. The summed E-state index contributed by atoms with van der Waals surface area (Å²) < 4.78 is 2.31. The molecule has 0 radical (unpaired) electrons. The average Bonchev–Trinajstić information content (AvgIpc) is 3.10. The minimum absolute atomic E-state index is 0.796. The van der Waals surface area contributed by atoms with Crippen LogP contribution >= 0.6 is 0 Å².